The summed E-state index contributed by atoms with van der Waals surface area (Å²) < 4.78 is 18.5. The summed E-state index contributed by atoms with van der Waals surface area (Å²) in [6, 6.07) is 0.306. The molecule has 0 saturated heterocycles. The molecule has 21 heavy (non-hydrogen) atoms. The van der Waals surface area contributed by atoms with E-state index in [-0.39, 0.29) is 19.0 Å². The quantitative estimate of drug-likeness (QED) is 0.616. The topological polar surface area (TPSA) is 93.6 Å². The highest BCUT2D eigenvalue weighted by molar-refractivity contribution is 6.99. The van der Waals surface area contributed by atoms with Crippen LogP contribution in [0.25, 0.3) is 0 Å². The smallest absolute Gasteiger partial charge is 0.306 e. The fourth-order valence-corrected chi connectivity index (χ4v) is 2.06. The van der Waals surface area contributed by atoms with Gasteiger partial charge in [0.25, 0.3) is 0 Å². The van der Waals surface area contributed by atoms with Crippen LogP contribution in [0.15, 0.2) is 0 Å². The molecule has 120 valence electrons. The Morgan fingerprint density at radius 3 is 2.86 bits per heavy atom. The molecule has 0 aliphatic carbocycles. The van der Waals surface area contributed by atoms with Gasteiger partial charge >= 0.3 is 5.97 Å². The molecule has 0 radical (unpaired) electrons. The molecule has 1 aromatic rings. The first kappa shape index (κ1) is 17.8. The van der Waals surface area contributed by atoms with E-state index in [9.17, 15) is 9.90 Å². The number of carbonyl (C=O) groups is 1. The van der Waals surface area contributed by atoms with Crippen molar-refractivity contribution in [3.05, 3.63) is 5.69 Å². The molecule has 1 unspecified atom stereocenters. The zero-order chi connectivity index (χ0) is 15.7. The Hall–Kier alpha value is -1.25. The van der Waals surface area contributed by atoms with Crippen molar-refractivity contribution in [2.24, 2.45) is 0 Å². The van der Waals surface area contributed by atoms with Gasteiger partial charge in [-0.1, -0.05) is 13.8 Å². The molecule has 1 rings (SSSR count). The number of esters is 1. The SMILES string of the molecule is CCOC(=O)CCc1nsnc1OCC(O)CNC(C)C. The first-order valence-electron chi connectivity index (χ1n) is 7.04. The van der Waals surface area contributed by atoms with Gasteiger partial charge in [-0.2, -0.15) is 4.37 Å². The van der Waals surface area contributed by atoms with Gasteiger partial charge in [-0.05, 0) is 6.92 Å². The summed E-state index contributed by atoms with van der Waals surface area (Å²) in [4.78, 5) is 11.3. The van der Waals surface area contributed by atoms with Crippen LogP contribution in [0.2, 0.25) is 0 Å². The molecule has 0 saturated carbocycles. The number of nitrogens with zero attached hydrogens (tertiary/aromatic N) is 2. The third kappa shape index (κ3) is 7.35. The van der Waals surface area contributed by atoms with Gasteiger partial charge < -0.3 is 19.9 Å². The second-order valence-corrected chi connectivity index (χ2v) is 5.38. The van der Waals surface area contributed by atoms with Gasteiger partial charge in [-0.15, -0.1) is 4.37 Å². The second-order valence-electron chi connectivity index (χ2n) is 4.85. The molecule has 1 atom stereocenters. The van der Waals surface area contributed by atoms with E-state index in [1.165, 1.54) is 0 Å². The van der Waals surface area contributed by atoms with E-state index in [0.717, 1.165) is 11.7 Å². The van der Waals surface area contributed by atoms with Gasteiger partial charge in [-0.25, -0.2) is 0 Å². The number of hydrogen-bond acceptors (Lipinski definition) is 8. The monoisotopic (exact) mass is 317 g/mol. The van der Waals surface area contributed by atoms with E-state index in [1.54, 1.807) is 6.92 Å². The summed E-state index contributed by atoms with van der Waals surface area (Å²) in [7, 11) is 0. The predicted octanol–water partition coefficient (Wildman–Crippen LogP) is 0.771. The van der Waals surface area contributed by atoms with Crippen LogP contribution in [0.4, 0.5) is 0 Å². The second kappa shape index (κ2) is 9.64. The van der Waals surface area contributed by atoms with Crippen LogP contribution < -0.4 is 10.1 Å². The Morgan fingerprint density at radius 2 is 2.19 bits per heavy atom. The molecule has 1 heterocycles. The highest BCUT2D eigenvalue weighted by Crippen LogP contribution is 2.17. The minimum Gasteiger partial charge on any atom is -0.473 e. The van der Waals surface area contributed by atoms with Crippen molar-refractivity contribution < 1.29 is 19.4 Å². The highest BCUT2D eigenvalue weighted by atomic mass is 32.1. The van der Waals surface area contributed by atoms with Crippen LogP contribution in [0.5, 0.6) is 5.88 Å². The van der Waals surface area contributed by atoms with E-state index in [4.69, 9.17) is 9.47 Å². The summed E-state index contributed by atoms with van der Waals surface area (Å²) in [6.07, 6.45) is 0.0462. The average molecular weight is 317 g/mol. The number of rotatable bonds is 10. The van der Waals surface area contributed by atoms with Crippen LogP contribution in [0.1, 0.15) is 32.9 Å². The molecule has 1 aromatic heterocycles. The Labute approximate surface area is 129 Å². The van der Waals surface area contributed by atoms with Crippen molar-refractivity contribution in [1.29, 1.82) is 0 Å². The van der Waals surface area contributed by atoms with Gasteiger partial charge in [-0.3, -0.25) is 4.79 Å². The molecule has 0 aromatic carbocycles. The Kier molecular flexibility index (Phi) is 8.17. The van der Waals surface area contributed by atoms with Gasteiger partial charge in [0, 0.05) is 19.0 Å². The van der Waals surface area contributed by atoms with Crippen LogP contribution in [-0.2, 0) is 16.0 Å². The van der Waals surface area contributed by atoms with Crippen LogP contribution in [0, 0.1) is 0 Å². The summed E-state index contributed by atoms with van der Waals surface area (Å²) in [6.45, 7) is 6.73. The van der Waals surface area contributed by atoms with E-state index in [2.05, 4.69) is 14.1 Å². The molecule has 7 nitrogen and oxygen atoms in total. The fourth-order valence-electron chi connectivity index (χ4n) is 1.52. The van der Waals surface area contributed by atoms with Crippen molar-refractivity contribution in [3.63, 3.8) is 0 Å². The summed E-state index contributed by atoms with van der Waals surface area (Å²) >= 11 is 1.03. The molecule has 2 N–H and O–H groups in total. The highest BCUT2D eigenvalue weighted by Gasteiger charge is 2.14. The molecule has 0 bridgehead atoms. The lowest BCUT2D eigenvalue weighted by Gasteiger charge is -2.14. The lowest BCUT2D eigenvalue weighted by atomic mass is 10.2. The van der Waals surface area contributed by atoms with Crippen LogP contribution >= 0.6 is 11.7 Å². The van der Waals surface area contributed by atoms with Crippen molar-refractivity contribution in [3.8, 4) is 5.88 Å². The molecular formula is C13H23N3O4S. The average Bonchev–Trinajstić information content (AvgIpc) is 2.88. The zero-order valence-corrected chi connectivity index (χ0v) is 13.5. The fraction of sp³-hybridized carbons (Fsp3) is 0.769. The number of nitrogens with one attached hydrogen (secondary N) is 1. The number of hydrogen-bond donors (Lipinski definition) is 2. The largest absolute Gasteiger partial charge is 0.473 e. The van der Waals surface area contributed by atoms with Crippen molar-refractivity contribution in [1.82, 2.24) is 14.1 Å². The summed E-state index contributed by atoms with van der Waals surface area (Å²) in [5.74, 6) is 0.116. The molecule has 0 amide bonds. The lowest BCUT2D eigenvalue weighted by molar-refractivity contribution is -0.143. The normalized spacial score (nSPS) is 12.4. The molecule has 0 aliphatic rings. The lowest BCUT2D eigenvalue weighted by Crippen LogP contribution is -2.35. The number of aryl methyl sites for hydroxylation is 1. The van der Waals surface area contributed by atoms with E-state index >= 15 is 0 Å². The van der Waals surface area contributed by atoms with Crippen LogP contribution in [0.3, 0.4) is 0 Å². The van der Waals surface area contributed by atoms with E-state index in [0.29, 0.717) is 37.2 Å². The minimum absolute atomic E-state index is 0.136. The van der Waals surface area contributed by atoms with Gasteiger partial charge in [0.1, 0.15) is 18.4 Å². The first-order chi connectivity index (χ1) is 10.0. The van der Waals surface area contributed by atoms with Crippen molar-refractivity contribution >= 4 is 17.7 Å². The third-order valence-electron chi connectivity index (χ3n) is 2.57. The summed E-state index contributed by atoms with van der Waals surface area (Å²) in [5, 5.41) is 12.9. The van der Waals surface area contributed by atoms with Gasteiger partial charge in [0.15, 0.2) is 0 Å². The molecule has 0 aliphatic heterocycles. The molecule has 0 spiro atoms. The molecule has 0 fully saturated rings. The third-order valence-corrected chi connectivity index (χ3v) is 3.12. The standard InChI is InChI=1S/C13H23N3O4S/c1-4-19-12(18)6-5-11-13(16-21-15-11)20-8-10(17)7-14-9(2)3/h9-10,14,17H,4-8H2,1-3H3. The number of aliphatic hydroxyl groups is 1. The minimum atomic E-state index is -0.619. The number of aromatic nitrogens is 2. The first-order valence-corrected chi connectivity index (χ1v) is 7.77. The number of carbonyl (C=O) groups excluding carboxylic acids is 1. The van der Waals surface area contributed by atoms with Crippen molar-refractivity contribution in [2.75, 3.05) is 19.8 Å². The van der Waals surface area contributed by atoms with Gasteiger partial charge in [0.05, 0.1) is 24.8 Å². The molecular weight excluding hydrogens is 294 g/mol. The maximum atomic E-state index is 11.3. The molecule has 8 heteroatoms. The Bertz CT molecular complexity index is 425. The summed E-state index contributed by atoms with van der Waals surface area (Å²) in [5.41, 5.74) is 0.622. The number of aliphatic hydroxyl groups excluding tert-OH is 1. The predicted molar refractivity (Wildman–Crippen MR) is 79.5 cm³/mol. The number of ether oxygens (including phenoxy) is 2. The van der Waals surface area contributed by atoms with E-state index < -0.39 is 6.10 Å². The van der Waals surface area contributed by atoms with Crippen molar-refractivity contribution in [2.45, 2.75) is 45.8 Å². The van der Waals surface area contributed by atoms with E-state index in [1.807, 2.05) is 13.8 Å². The van der Waals surface area contributed by atoms with Gasteiger partial charge in [0.2, 0.25) is 5.88 Å². The Morgan fingerprint density at radius 1 is 1.43 bits per heavy atom. The van der Waals surface area contributed by atoms with Crippen LogP contribution in [-0.4, -0.2) is 51.7 Å². The zero-order valence-electron chi connectivity index (χ0n) is 12.7. The maximum Gasteiger partial charge on any atom is 0.306 e. The Balaban J connectivity index is 2.35. The maximum absolute atomic E-state index is 11.3.